The molecule has 1 aliphatic heterocycles. The number of aromatic nitrogens is 3. The van der Waals surface area contributed by atoms with Crippen LogP contribution in [0.15, 0.2) is 67.1 Å². The molecule has 0 saturated carbocycles. The van der Waals surface area contributed by atoms with E-state index in [1.165, 1.54) is 0 Å². The standard InChI is InChI=1S/C24H23ClN4O/c1-16-12-28(13-17(2)30-16)23-22-21(18-6-4-3-5-7-18)14-29(24(22)27-15-26-23)20-10-8-19(25)9-11-20/h3-11,14-17H,12-13H2,1-2H3/t16-,17-/m0/s1. The van der Waals surface area contributed by atoms with Gasteiger partial charge in [-0.1, -0.05) is 41.9 Å². The van der Waals surface area contributed by atoms with Crippen molar-refractivity contribution in [1.29, 1.82) is 0 Å². The smallest absolute Gasteiger partial charge is 0.150 e. The minimum Gasteiger partial charge on any atom is -0.372 e. The van der Waals surface area contributed by atoms with Crippen molar-refractivity contribution in [3.05, 3.63) is 72.1 Å². The highest BCUT2D eigenvalue weighted by Crippen LogP contribution is 2.37. The maximum absolute atomic E-state index is 6.12. The molecule has 0 unspecified atom stereocenters. The molecule has 2 atom stereocenters. The average molecular weight is 419 g/mol. The summed E-state index contributed by atoms with van der Waals surface area (Å²) in [4.78, 5) is 11.7. The van der Waals surface area contributed by atoms with E-state index < -0.39 is 0 Å². The van der Waals surface area contributed by atoms with Crippen LogP contribution in [0.4, 0.5) is 5.82 Å². The predicted molar refractivity (Wildman–Crippen MR) is 122 cm³/mol. The molecule has 3 heterocycles. The Morgan fingerprint density at radius 1 is 0.933 bits per heavy atom. The zero-order valence-electron chi connectivity index (χ0n) is 17.0. The van der Waals surface area contributed by atoms with Crippen molar-refractivity contribution in [2.24, 2.45) is 0 Å². The van der Waals surface area contributed by atoms with Gasteiger partial charge in [0.1, 0.15) is 12.1 Å². The summed E-state index contributed by atoms with van der Waals surface area (Å²) in [6, 6.07) is 18.2. The molecule has 152 valence electrons. The molecule has 2 aromatic carbocycles. The summed E-state index contributed by atoms with van der Waals surface area (Å²) in [5.41, 5.74) is 4.15. The van der Waals surface area contributed by atoms with Crippen LogP contribution in [0.5, 0.6) is 0 Å². The van der Waals surface area contributed by atoms with Gasteiger partial charge in [-0.15, -0.1) is 0 Å². The molecule has 1 aliphatic rings. The van der Waals surface area contributed by atoms with Crippen molar-refractivity contribution in [2.75, 3.05) is 18.0 Å². The summed E-state index contributed by atoms with van der Waals surface area (Å²) >= 11 is 6.12. The molecule has 0 bridgehead atoms. The van der Waals surface area contributed by atoms with Gasteiger partial charge in [0, 0.05) is 35.6 Å². The van der Waals surface area contributed by atoms with E-state index in [9.17, 15) is 0 Å². The van der Waals surface area contributed by atoms with Crippen LogP contribution in [0.3, 0.4) is 0 Å². The fourth-order valence-electron chi connectivity index (χ4n) is 4.27. The van der Waals surface area contributed by atoms with E-state index in [4.69, 9.17) is 21.3 Å². The van der Waals surface area contributed by atoms with Gasteiger partial charge in [0.2, 0.25) is 0 Å². The largest absolute Gasteiger partial charge is 0.372 e. The molecule has 30 heavy (non-hydrogen) atoms. The molecular weight excluding hydrogens is 396 g/mol. The lowest BCUT2D eigenvalue weighted by Gasteiger charge is -2.36. The fraction of sp³-hybridized carbons (Fsp3) is 0.250. The highest BCUT2D eigenvalue weighted by molar-refractivity contribution is 6.30. The first-order valence-electron chi connectivity index (χ1n) is 10.2. The van der Waals surface area contributed by atoms with Crippen LogP contribution in [-0.4, -0.2) is 39.8 Å². The highest BCUT2D eigenvalue weighted by atomic mass is 35.5. The molecule has 0 aliphatic carbocycles. The van der Waals surface area contributed by atoms with Gasteiger partial charge in [0.05, 0.1) is 17.6 Å². The second-order valence-corrected chi connectivity index (χ2v) is 8.25. The summed E-state index contributed by atoms with van der Waals surface area (Å²) in [6.45, 7) is 5.82. The van der Waals surface area contributed by atoms with Crippen molar-refractivity contribution in [3.8, 4) is 16.8 Å². The highest BCUT2D eigenvalue weighted by Gasteiger charge is 2.27. The van der Waals surface area contributed by atoms with Crippen LogP contribution < -0.4 is 4.90 Å². The van der Waals surface area contributed by atoms with Crippen molar-refractivity contribution in [2.45, 2.75) is 26.1 Å². The second kappa shape index (κ2) is 7.74. The van der Waals surface area contributed by atoms with E-state index in [0.29, 0.717) is 5.02 Å². The zero-order chi connectivity index (χ0) is 20.7. The van der Waals surface area contributed by atoms with Crippen molar-refractivity contribution in [1.82, 2.24) is 14.5 Å². The van der Waals surface area contributed by atoms with Gasteiger partial charge in [-0.25, -0.2) is 9.97 Å². The van der Waals surface area contributed by atoms with Gasteiger partial charge in [0.15, 0.2) is 5.65 Å². The first kappa shape index (κ1) is 19.1. The number of anilines is 1. The number of hydrogen-bond donors (Lipinski definition) is 0. The first-order chi connectivity index (χ1) is 14.6. The number of ether oxygens (including phenoxy) is 1. The number of nitrogens with zero attached hydrogens (tertiary/aromatic N) is 4. The molecule has 5 rings (SSSR count). The van der Waals surface area contributed by atoms with Crippen molar-refractivity contribution >= 4 is 28.5 Å². The molecule has 1 saturated heterocycles. The van der Waals surface area contributed by atoms with E-state index in [2.05, 4.69) is 58.8 Å². The van der Waals surface area contributed by atoms with Gasteiger partial charge in [-0.3, -0.25) is 0 Å². The lowest BCUT2D eigenvalue weighted by atomic mass is 10.1. The Morgan fingerprint density at radius 2 is 1.63 bits per heavy atom. The van der Waals surface area contributed by atoms with Gasteiger partial charge in [0.25, 0.3) is 0 Å². The monoisotopic (exact) mass is 418 g/mol. The third-order valence-corrected chi connectivity index (χ3v) is 5.72. The summed E-state index contributed by atoms with van der Waals surface area (Å²) < 4.78 is 8.07. The zero-order valence-corrected chi connectivity index (χ0v) is 17.8. The summed E-state index contributed by atoms with van der Waals surface area (Å²) in [5, 5.41) is 1.77. The Balaban J connectivity index is 1.75. The minimum absolute atomic E-state index is 0.150. The van der Waals surface area contributed by atoms with Crippen LogP contribution in [0.1, 0.15) is 13.8 Å². The van der Waals surface area contributed by atoms with Crippen molar-refractivity contribution < 1.29 is 4.74 Å². The Morgan fingerprint density at radius 3 is 2.33 bits per heavy atom. The fourth-order valence-corrected chi connectivity index (χ4v) is 4.40. The average Bonchev–Trinajstić information content (AvgIpc) is 3.14. The van der Waals surface area contributed by atoms with Crippen LogP contribution >= 0.6 is 11.6 Å². The Bertz CT molecular complexity index is 1160. The van der Waals surface area contributed by atoms with Crippen molar-refractivity contribution in [3.63, 3.8) is 0 Å². The van der Waals surface area contributed by atoms with E-state index in [0.717, 1.165) is 46.8 Å². The third-order valence-electron chi connectivity index (χ3n) is 5.47. The lowest BCUT2D eigenvalue weighted by Crippen LogP contribution is -2.46. The third kappa shape index (κ3) is 3.44. The molecule has 0 N–H and O–H groups in total. The number of rotatable bonds is 3. The Kier molecular flexibility index (Phi) is 4.93. The summed E-state index contributed by atoms with van der Waals surface area (Å²) in [5.74, 6) is 0.952. The van der Waals surface area contributed by atoms with Crippen LogP contribution in [-0.2, 0) is 4.74 Å². The quantitative estimate of drug-likeness (QED) is 0.449. The summed E-state index contributed by atoms with van der Waals surface area (Å²) in [6.07, 6.45) is 4.10. The minimum atomic E-state index is 0.150. The van der Waals surface area contributed by atoms with Gasteiger partial charge in [-0.05, 0) is 43.7 Å². The molecule has 6 heteroatoms. The molecule has 0 amide bonds. The lowest BCUT2D eigenvalue weighted by molar-refractivity contribution is -0.00537. The predicted octanol–water partition coefficient (Wildman–Crippen LogP) is 5.35. The molecular formula is C24H23ClN4O. The van der Waals surface area contributed by atoms with E-state index in [1.807, 2.05) is 30.3 Å². The second-order valence-electron chi connectivity index (χ2n) is 7.81. The van der Waals surface area contributed by atoms with Crippen LogP contribution in [0.25, 0.3) is 27.8 Å². The Labute approximate surface area is 180 Å². The molecule has 2 aromatic heterocycles. The SMILES string of the molecule is C[C@H]1CN(c2ncnc3c2c(-c2ccccc2)cn3-c2ccc(Cl)cc2)C[C@H](C)O1. The normalized spacial score (nSPS) is 19.4. The molecule has 5 nitrogen and oxygen atoms in total. The number of halogens is 1. The van der Waals surface area contributed by atoms with Gasteiger partial charge in [-0.2, -0.15) is 0 Å². The maximum atomic E-state index is 6.12. The molecule has 1 fully saturated rings. The number of benzene rings is 2. The molecule has 0 radical (unpaired) electrons. The number of hydrogen-bond acceptors (Lipinski definition) is 4. The molecule has 4 aromatic rings. The maximum Gasteiger partial charge on any atom is 0.150 e. The number of morpholine rings is 1. The number of fused-ring (bicyclic) bond motifs is 1. The first-order valence-corrected chi connectivity index (χ1v) is 10.6. The van der Waals surface area contributed by atoms with E-state index >= 15 is 0 Å². The Hall–Kier alpha value is -2.89. The van der Waals surface area contributed by atoms with E-state index in [-0.39, 0.29) is 12.2 Å². The topological polar surface area (TPSA) is 43.2 Å². The van der Waals surface area contributed by atoms with Gasteiger partial charge < -0.3 is 14.2 Å². The van der Waals surface area contributed by atoms with Gasteiger partial charge >= 0.3 is 0 Å². The summed E-state index contributed by atoms with van der Waals surface area (Å²) in [7, 11) is 0. The van der Waals surface area contributed by atoms with Crippen LogP contribution in [0.2, 0.25) is 5.02 Å². The van der Waals surface area contributed by atoms with Crippen LogP contribution in [0, 0.1) is 0 Å². The van der Waals surface area contributed by atoms with E-state index in [1.54, 1.807) is 6.33 Å². The molecule has 0 spiro atoms.